The first-order chi connectivity index (χ1) is 10.1. The largest absolute Gasteiger partial charge is 0.504 e. The first kappa shape index (κ1) is 16.1. The summed E-state index contributed by atoms with van der Waals surface area (Å²) in [6.45, 7) is 7.50. The molecular weight excluding hydrogens is 268 g/mol. The molecule has 118 valence electrons. The molecule has 1 saturated heterocycles. The molecule has 2 rings (SSSR count). The SMILES string of the molecule is CCOc1cc(C(CO)N2CCN(C)C(C)C2)ccc1O. The number of aliphatic hydroxyl groups is 1. The van der Waals surface area contributed by atoms with Crippen LogP contribution in [0.5, 0.6) is 11.5 Å². The highest BCUT2D eigenvalue weighted by atomic mass is 16.5. The average molecular weight is 294 g/mol. The summed E-state index contributed by atoms with van der Waals surface area (Å²) in [4.78, 5) is 4.63. The fourth-order valence-corrected chi connectivity index (χ4v) is 2.80. The molecular formula is C16H26N2O3. The van der Waals surface area contributed by atoms with Crippen molar-refractivity contribution < 1.29 is 14.9 Å². The summed E-state index contributed by atoms with van der Waals surface area (Å²) in [6.07, 6.45) is 0. The predicted molar refractivity (Wildman–Crippen MR) is 82.8 cm³/mol. The van der Waals surface area contributed by atoms with E-state index in [1.54, 1.807) is 6.07 Å². The molecule has 2 N–H and O–H groups in total. The Morgan fingerprint density at radius 3 is 2.76 bits per heavy atom. The van der Waals surface area contributed by atoms with Crippen molar-refractivity contribution in [1.29, 1.82) is 0 Å². The molecule has 1 aliphatic heterocycles. The second kappa shape index (κ2) is 7.11. The van der Waals surface area contributed by atoms with Gasteiger partial charge in [0.2, 0.25) is 0 Å². The van der Waals surface area contributed by atoms with Crippen LogP contribution >= 0.6 is 0 Å². The summed E-state index contributed by atoms with van der Waals surface area (Å²) in [5.74, 6) is 0.625. The molecule has 5 nitrogen and oxygen atoms in total. The third-order valence-corrected chi connectivity index (χ3v) is 4.27. The Balaban J connectivity index is 2.19. The Labute approximate surface area is 126 Å². The van der Waals surface area contributed by atoms with Gasteiger partial charge in [-0.3, -0.25) is 4.90 Å². The smallest absolute Gasteiger partial charge is 0.161 e. The second-order valence-corrected chi connectivity index (χ2v) is 5.68. The van der Waals surface area contributed by atoms with Gasteiger partial charge in [0.25, 0.3) is 0 Å². The number of hydrogen-bond acceptors (Lipinski definition) is 5. The van der Waals surface area contributed by atoms with Crippen molar-refractivity contribution >= 4 is 0 Å². The maximum atomic E-state index is 9.82. The van der Waals surface area contributed by atoms with E-state index in [1.165, 1.54) is 0 Å². The number of nitrogens with zero attached hydrogens (tertiary/aromatic N) is 2. The second-order valence-electron chi connectivity index (χ2n) is 5.68. The maximum Gasteiger partial charge on any atom is 0.161 e. The molecule has 0 aromatic heterocycles. The fraction of sp³-hybridized carbons (Fsp3) is 0.625. The van der Waals surface area contributed by atoms with Crippen molar-refractivity contribution in [3.05, 3.63) is 23.8 Å². The van der Waals surface area contributed by atoms with E-state index in [-0.39, 0.29) is 18.4 Å². The highest BCUT2D eigenvalue weighted by Crippen LogP contribution is 2.32. The molecule has 0 saturated carbocycles. The van der Waals surface area contributed by atoms with Gasteiger partial charge in [-0.1, -0.05) is 6.07 Å². The number of aromatic hydroxyl groups is 1. The summed E-state index contributed by atoms with van der Waals surface area (Å²) >= 11 is 0. The van der Waals surface area contributed by atoms with E-state index in [9.17, 15) is 10.2 Å². The molecule has 5 heteroatoms. The third-order valence-electron chi connectivity index (χ3n) is 4.27. The van der Waals surface area contributed by atoms with E-state index < -0.39 is 0 Å². The summed E-state index contributed by atoms with van der Waals surface area (Å²) in [7, 11) is 2.13. The first-order valence-corrected chi connectivity index (χ1v) is 7.57. The van der Waals surface area contributed by atoms with Gasteiger partial charge >= 0.3 is 0 Å². The molecule has 0 radical (unpaired) electrons. The summed E-state index contributed by atoms with van der Waals surface area (Å²) < 4.78 is 5.44. The van der Waals surface area contributed by atoms with Crippen LogP contribution in [-0.4, -0.2) is 66.0 Å². The Kier molecular flexibility index (Phi) is 5.45. The van der Waals surface area contributed by atoms with Gasteiger partial charge in [0.1, 0.15) is 0 Å². The molecule has 21 heavy (non-hydrogen) atoms. The highest BCUT2D eigenvalue weighted by molar-refractivity contribution is 5.42. The number of aliphatic hydroxyl groups excluding tert-OH is 1. The maximum absolute atomic E-state index is 9.82. The van der Waals surface area contributed by atoms with Crippen LogP contribution in [0.4, 0.5) is 0 Å². The van der Waals surface area contributed by atoms with E-state index in [1.807, 2.05) is 19.1 Å². The number of phenolic OH excluding ortho intramolecular Hbond substituents is 1. The number of benzene rings is 1. The zero-order valence-electron chi connectivity index (χ0n) is 13.1. The average Bonchev–Trinajstić information content (AvgIpc) is 2.47. The van der Waals surface area contributed by atoms with Crippen LogP contribution in [0.1, 0.15) is 25.5 Å². The standard InChI is InChI=1S/C16H26N2O3/c1-4-21-16-9-13(5-6-15(16)20)14(11-19)18-8-7-17(3)12(2)10-18/h5-6,9,12,14,19-20H,4,7-8,10-11H2,1-3H3. The van der Waals surface area contributed by atoms with Crippen molar-refractivity contribution in [3.63, 3.8) is 0 Å². The van der Waals surface area contributed by atoms with Crippen LogP contribution in [0.2, 0.25) is 0 Å². The van der Waals surface area contributed by atoms with Crippen LogP contribution in [0.25, 0.3) is 0 Å². The van der Waals surface area contributed by atoms with Gasteiger partial charge in [0.05, 0.1) is 19.3 Å². The molecule has 2 unspecified atom stereocenters. The molecule has 0 spiro atoms. The Hall–Kier alpha value is -1.30. The Morgan fingerprint density at radius 1 is 1.38 bits per heavy atom. The lowest BCUT2D eigenvalue weighted by Crippen LogP contribution is -2.51. The summed E-state index contributed by atoms with van der Waals surface area (Å²) in [5, 5.41) is 19.6. The first-order valence-electron chi connectivity index (χ1n) is 7.57. The van der Waals surface area contributed by atoms with Crippen molar-refractivity contribution in [1.82, 2.24) is 9.80 Å². The fourth-order valence-electron chi connectivity index (χ4n) is 2.80. The lowest BCUT2D eigenvalue weighted by atomic mass is 10.0. The van der Waals surface area contributed by atoms with Crippen molar-refractivity contribution in [2.75, 3.05) is 39.9 Å². The Morgan fingerprint density at radius 2 is 2.14 bits per heavy atom. The number of likely N-dealkylation sites (N-methyl/N-ethyl adjacent to an activating group) is 1. The quantitative estimate of drug-likeness (QED) is 0.861. The van der Waals surface area contributed by atoms with Crippen LogP contribution in [-0.2, 0) is 0 Å². The van der Waals surface area contributed by atoms with E-state index in [4.69, 9.17) is 4.74 Å². The molecule has 0 aliphatic carbocycles. The minimum absolute atomic E-state index is 0.0547. The van der Waals surface area contributed by atoms with Crippen LogP contribution < -0.4 is 4.74 Å². The van der Waals surface area contributed by atoms with Crippen molar-refractivity contribution in [2.45, 2.75) is 25.9 Å². The summed E-state index contributed by atoms with van der Waals surface area (Å²) in [6, 6.07) is 5.75. The molecule has 2 atom stereocenters. The molecule has 1 fully saturated rings. The topological polar surface area (TPSA) is 56.2 Å². The molecule has 0 amide bonds. The van der Waals surface area contributed by atoms with Gasteiger partial charge in [-0.15, -0.1) is 0 Å². The molecule has 1 heterocycles. The van der Waals surface area contributed by atoms with Gasteiger partial charge in [-0.2, -0.15) is 0 Å². The van der Waals surface area contributed by atoms with Gasteiger partial charge in [-0.05, 0) is 38.6 Å². The van der Waals surface area contributed by atoms with Crippen molar-refractivity contribution in [2.24, 2.45) is 0 Å². The van der Waals surface area contributed by atoms with Gasteiger partial charge < -0.3 is 19.8 Å². The minimum Gasteiger partial charge on any atom is -0.504 e. The minimum atomic E-state index is -0.0547. The van der Waals surface area contributed by atoms with Crippen LogP contribution in [0, 0.1) is 0 Å². The predicted octanol–water partition coefficient (Wildman–Crippen LogP) is 1.46. The normalized spacial score (nSPS) is 22.2. The number of ether oxygens (including phenoxy) is 1. The zero-order valence-corrected chi connectivity index (χ0v) is 13.1. The molecule has 1 aliphatic rings. The van der Waals surface area contributed by atoms with E-state index in [2.05, 4.69) is 23.8 Å². The lowest BCUT2D eigenvalue weighted by molar-refractivity contribution is 0.0463. The number of rotatable bonds is 5. The van der Waals surface area contributed by atoms with Crippen LogP contribution in [0.3, 0.4) is 0 Å². The monoisotopic (exact) mass is 294 g/mol. The van der Waals surface area contributed by atoms with Crippen LogP contribution in [0.15, 0.2) is 18.2 Å². The number of phenols is 1. The van der Waals surface area contributed by atoms with Gasteiger partial charge in [0.15, 0.2) is 11.5 Å². The Bertz CT molecular complexity index is 467. The highest BCUT2D eigenvalue weighted by Gasteiger charge is 2.27. The van der Waals surface area contributed by atoms with E-state index in [0.29, 0.717) is 18.4 Å². The molecule has 0 bridgehead atoms. The van der Waals surface area contributed by atoms with Gasteiger partial charge in [-0.25, -0.2) is 0 Å². The number of hydrogen-bond donors (Lipinski definition) is 2. The third kappa shape index (κ3) is 3.67. The zero-order chi connectivity index (χ0) is 15.4. The summed E-state index contributed by atoms with van der Waals surface area (Å²) in [5.41, 5.74) is 0.982. The van der Waals surface area contributed by atoms with E-state index >= 15 is 0 Å². The lowest BCUT2D eigenvalue weighted by Gasteiger charge is -2.41. The van der Waals surface area contributed by atoms with Crippen molar-refractivity contribution in [3.8, 4) is 11.5 Å². The molecule has 1 aromatic rings. The number of piperazine rings is 1. The van der Waals surface area contributed by atoms with E-state index in [0.717, 1.165) is 25.2 Å². The van der Waals surface area contributed by atoms with Gasteiger partial charge in [0, 0.05) is 25.7 Å². The molecule has 1 aromatic carbocycles.